The number of fused-ring (bicyclic) bond motifs is 1. The number of anilines is 1. The molecule has 0 aliphatic carbocycles. The van der Waals surface area contributed by atoms with E-state index in [2.05, 4.69) is 24.8 Å². The number of aryl methyl sites for hydroxylation is 1. The highest BCUT2D eigenvalue weighted by atomic mass is 16.5. The van der Waals surface area contributed by atoms with E-state index in [1.165, 1.54) is 0 Å². The van der Waals surface area contributed by atoms with Crippen LogP contribution in [0.4, 0.5) is 5.82 Å². The van der Waals surface area contributed by atoms with Crippen LogP contribution in [0.3, 0.4) is 0 Å². The number of rotatable bonds is 3. The second kappa shape index (κ2) is 6.39. The highest BCUT2D eigenvalue weighted by molar-refractivity contribution is 5.85. The number of pyridine rings is 2. The van der Waals surface area contributed by atoms with Crippen LogP contribution >= 0.6 is 0 Å². The third-order valence-corrected chi connectivity index (χ3v) is 4.28. The molecule has 0 aromatic carbocycles. The van der Waals surface area contributed by atoms with Gasteiger partial charge in [-0.05, 0) is 31.2 Å². The number of ether oxygens (including phenoxy) is 1. The Bertz CT molecular complexity index is 831. The van der Waals surface area contributed by atoms with Crippen LogP contribution in [0.1, 0.15) is 18.5 Å². The summed E-state index contributed by atoms with van der Waals surface area (Å²) in [5, 5.41) is 0. The summed E-state index contributed by atoms with van der Waals surface area (Å²) in [6, 6.07) is 7.82. The van der Waals surface area contributed by atoms with Gasteiger partial charge in [0.15, 0.2) is 5.82 Å². The second-order valence-electron chi connectivity index (χ2n) is 6.01. The molecule has 0 N–H and O–H groups in total. The van der Waals surface area contributed by atoms with Crippen LogP contribution in [0.2, 0.25) is 0 Å². The fraction of sp³-hybridized carbons (Fsp3) is 0.333. The Balaban J connectivity index is 1.49. The van der Waals surface area contributed by atoms with E-state index >= 15 is 0 Å². The van der Waals surface area contributed by atoms with Gasteiger partial charge in [0, 0.05) is 37.8 Å². The molecule has 1 aliphatic heterocycles. The molecule has 0 amide bonds. The number of hydrogen-bond donors (Lipinski definition) is 0. The molecule has 3 aromatic heterocycles. The van der Waals surface area contributed by atoms with Gasteiger partial charge in [-0.25, -0.2) is 15.0 Å². The Labute approximate surface area is 140 Å². The molecule has 4 rings (SSSR count). The lowest BCUT2D eigenvalue weighted by Crippen LogP contribution is -2.38. The van der Waals surface area contributed by atoms with Crippen molar-refractivity contribution in [1.29, 1.82) is 0 Å². The van der Waals surface area contributed by atoms with Gasteiger partial charge in [0.05, 0.1) is 11.7 Å². The van der Waals surface area contributed by atoms with E-state index in [1.807, 2.05) is 31.2 Å². The van der Waals surface area contributed by atoms with Crippen molar-refractivity contribution in [3.63, 3.8) is 0 Å². The molecule has 4 heterocycles. The zero-order valence-electron chi connectivity index (χ0n) is 13.6. The zero-order chi connectivity index (χ0) is 16.4. The van der Waals surface area contributed by atoms with Crippen LogP contribution in [0.5, 0.6) is 5.75 Å². The molecule has 0 spiro atoms. The minimum atomic E-state index is 0.216. The van der Waals surface area contributed by atoms with Crippen molar-refractivity contribution in [2.45, 2.75) is 25.9 Å². The number of nitrogens with zero attached hydrogens (tertiary/aromatic N) is 5. The van der Waals surface area contributed by atoms with Crippen molar-refractivity contribution in [1.82, 2.24) is 19.9 Å². The smallest absolute Gasteiger partial charge is 0.158 e. The van der Waals surface area contributed by atoms with Gasteiger partial charge in [-0.3, -0.25) is 4.98 Å². The van der Waals surface area contributed by atoms with E-state index in [-0.39, 0.29) is 6.10 Å². The lowest BCUT2D eigenvalue weighted by atomic mass is 10.1. The van der Waals surface area contributed by atoms with Crippen LogP contribution in [0.25, 0.3) is 11.0 Å². The Morgan fingerprint density at radius 2 is 2.00 bits per heavy atom. The average Bonchev–Trinajstić information content (AvgIpc) is 2.63. The molecule has 0 unspecified atom stereocenters. The van der Waals surface area contributed by atoms with E-state index in [4.69, 9.17) is 4.74 Å². The maximum Gasteiger partial charge on any atom is 0.158 e. The van der Waals surface area contributed by atoms with E-state index in [1.54, 1.807) is 18.7 Å². The summed E-state index contributed by atoms with van der Waals surface area (Å²) < 4.78 is 6.01. The van der Waals surface area contributed by atoms with Crippen molar-refractivity contribution < 1.29 is 4.74 Å². The van der Waals surface area contributed by atoms with Crippen molar-refractivity contribution in [2.75, 3.05) is 18.0 Å². The SMILES string of the molecule is Cc1ccc2ncnc(N3CCC(Oc4cccnc4)CC3)c2n1. The molecule has 0 atom stereocenters. The predicted molar refractivity (Wildman–Crippen MR) is 92.2 cm³/mol. The minimum absolute atomic E-state index is 0.216. The van der Waals surface area contributed by atoms with Crippen LogP contribution in [0.15, 0.2) is 43.0 Å². The average molecular weight is 321 g/mol. The number of aromatic nitrogens is 4. The van der Waals surface area contributed by atoms with Crippen LogP contribution in [0, 0.1) is 6.92 Å². The molecule has 0 radical (unpaired) electrons. The maximum absolute atomic E-state index is 6.01. The molecule has 0 bridgehead atoms. The number of hydrogen-bond acceptors (Lipinski definition) is 6. The zero-order valence-corrected chi connectivity index (χ0v) is 13.6. The highest BCUT2D eigenvalue weighted by Gasteiger charge is 2.23. The van der Waals surface area contributed by atoms with Gasteiger partial charge in [-0.2, -0.15) is 0 Å². The second-order valence-corrected chi connectivity index (χ2v) is 6.01. The molecular formula is C18H19N5O. The summed E-state index contributed by atoms with van der Waals surface area (Å²) in [5.74, 6) is 1.75. The molecule has 1 saturated heterocycles. The molecule has 1 fully saturated rings. The van der Waals surface area contributed by atoms with Gasteiger partial charge in [0.25, 0.3) is 0 Å². The predicted octanol–water partition coefficient (Wildman–Crippen LogP) is 2.78. The van der Waals surface area contributed by atoms with E-state index in [0.717, 1.165) is 54.2 Å². The first-order valence-electron chi connectivity index (χ1n) is 8.19. The summed E-state index contributed by atoms with van der Waals surface area (Å²) in [7, 11) is 0. The molecule has 6 heteroatoms. The van der Waals surface area contributed by atoms with Crippen molar-refractivity contribution in [3.8, 4) is 5.75 Å². The first-order chi connectivity index (χ1) is 11.8. The standard InChI is InChI=1S/C18H19N5O/c1-13-4-5-16-17(22-13)18(21-12-20-16)23-9-6-14(7-10-23)24-15-3-2-8-19-11-15/h2-5,8,11-12,14H,6-7,9-10H2,1H3. The summed E-state index contributed by atoms with van der Waals surface area (Å²) in [4.78, 5) is 19.8. The molecule has 0 saturated carbocycles. The third kappa shape index (κ3) is 2.99. The minimum Gasteiger partial charge on any atom is -0.489 e. The fourth-order valence-corrected chi connectivity index (χ4v) is 3.05. The maximum atomic E-state index is 6.01. The Morgan fingerprint density at radius 1 is 1.12 bits per heavy atom. The lowest BCUT2D eigenvalue weighted by Gasteiger charge is -2.33. The Kier molecular flexibility index (Phi) is 3.94. The fourth-order valence-electron chi connectivity index (χ4n) is 3.05. The molecule has 122 valence electrons. The summed E-state index contributed by atoms with van der Waals surface area (Å²) >= 11 is 0. The van der Waals surface area contributed by atoms with Crippen molar-refractivity contribution in [2.24, 2.45) is 0 Å². The van der Waals surface area contributed by atoms with Crippen LogP contribution < -0.4 is 9.64 Å². The molecular weight excluding hydrogens is 302 g/mol. The summed E-state index contributed by atoms with van der Waals surface area (Å²) in [6.45, 7) is 3.78. The molecule has 24 heavy (non-hydrogen) atoms. The summed E-state index contributed by atoms with van der Waals surface area (Å²) in [5.41, 5.74) is 2.75. The van der Waals surface area contributed by atoms with E-state index in [9.17, 15) is 0 Å². The first-order valence-corrected chi connectivity index (χ1v) is 8.19. The largest absolute Gasteiger partial charge is 0.489 e. The normalized spacial score (nSPS) is 15.6. The topological polar surface area (TPSA) is 64.0 Å². The van der Waals surface area contributed by atoms with Crippen LogP contribution in [-0.4, -0.2) is 39.1 Å². The van der Waals surface area contributed by atoms with Gasteiger partial charge >= 0.3 is 0 Å². The van der Waals surface area contributed by atoms with Gasteiger partial charge in [-0.15, -0.1) is 0 Å². The van der Waals surface area contributed by atoms with E-state index in [0.29, 0.717) is 0 Å². The van der Waals surface area contributed by atoms with Crippen molar-refractivity contribution >= 4 is 16.9 Å². The third-order valence-electron chi connectivity index (χ3n) is 4.28. The first kappa shape index (κ1) is 14.8. The van der Waals surface area contributed by atoms with E-state index < -0.39 is 0 Å². The van der Waals surface area contributed by atoms with Crippen LogP contribution in [-0.2, 0) is 0 Å². The van der Waals surface area contributed by atoms with Gasteiger partial charge in [0.2, 0.25) is 0 Å². The quantitative estimate of drug-likeness (QED) is 0.739. The molecule has 3 aromatic rings. The van der Waals surface area contributed by atoms with Gasteiger partial charge in [0.1, 0.15) is 23.7 Å². The molecule has 6 nitrogen and oxygen atoms in total. The lowest BCUT2D eigenvalue weighted by molar-refractivity contribution is 0.170. The van der Waals surface area contributed by atoms with Crippen molar-refractivity contribution in [3.05, 3.63) is 48.7 Å². The van der Waals surface area contributed by atoms with Gasteiger partial charge < -0.3 is 9.64 Å². The Hall–Kier alpha value is -2.76. The summed E-state index contributed by atoms with van der Waals surface area (Å²) in [6.07, 6.45) is 7.25. The number of piperidine rings is 1. The van der Waals surface area contributed by atoms with Gasteiger partial charge in [-0.1, -0.05) is 0 Å². The highest BCUT2D eigenvalue weighted by Crippen LogP contribution is 2.26. The molecule has 1 aliphatic rings. The Morgan fingerprint density at radius 3 is 2.79 bits per heavy atom. The monoisotopic (exact) mass is 321 g/mol.